The summed E-state index contributed by atoms with van der Waals surface area (Å²) in [4.78, 5) is 12.3. The molecule has 0 aromatic heterocycles. The van der Waals surface area contributed by atoms with E-state index in [-0.39, 0.29) is 38.3 Å². The van der Waals surface area contributed by atoms with Crippen molar-refractivity contribution in [3.8, 4) is 0 Å². The number of rotatable bonds is 4. The molecule has 0 saturated carbocycles. The molecule has 1 saturated heterocycles. The summed E-state index contributed by atoms with van der Waals surface area (Å²) in [5.41, 5.74) is 0.434. The van der Waals surface area contributed by atoms with Gasteiger partial charge >= 0.3 is 0 Å². The third-order valence-corrected chi connectivity index (χ3v) is 8.84. The van der Waals surface area contributed by atoms with Gasteiger partial charge in [0.1, 0.15) is 0 Å². The molecule has 29 heavy (non-hydrogen) atoms. The molecule has 9 heteroatoms. The summed E-state index contributed by atoms with van der Waals surface area (Å²) in [5, 5.41) is 0. The number of aryl methyl sites for hydroxylation is 1. The van der Waals surface area contributed by atoms with Crippen molar-refractivity contribution < 1.29 is 26.4 Å². The van der Waals surface area contributed by atoms with Crippen LogP contribution in [0, 0.1) is 12.8 Å². The fourth-order valence-electron chi connectivity index (χ4n) is 3.77. The number of hydrogen-bond donors (Lipinski definition) is 1. The highest BCUT2D eigenvalue weighted by molar-refractivity contribution is 7.92. The van der Waals surface area contributed by atoms with Gasteiger partial charge in [0.05, 0.1) is 14.7 Å². The van der Waals surface area contributed by atoms with Gasteiger partial charge in [-0.25, -0.2) is 21.6 Å². The number of ether oxygens (including phenoxy) is 1. The summed E-state index contributed by atoms with van der Waals surface area (Å²) < 4.78 is 59.8. The first-order chi connectivity index (χ1) is 13.7. The Morgan fingerprint density at radius 3 is 2.48 bits per heavy atom. The molecule has 154 valence electrons. The number of benzene rings is 2. The third kappa shape index (κ3) is 3.52. The number of carbonyl (C=O) groups excluding carboxylic acids is 1. The largest absolute Gasteiger partial charge is 0.381 e. The van der Waals surface area contributed by atoms with Crippen LogP contribution in [0.2, 0.25) is 0 Å². The molecule has 2 aromatic carbocycles. The lowest BCUT2D eigenvalue weighted by Crippen LogP contribution is -2.33. The van der Waals surface area contributed by atoms with Crippen LogP contribution in [-0.4, -0.2) is 42.4 Å². The van der Waals surface area contributed by atoms with Crippen LogP contribution in [0.4, 0.5) is 0 Å². The molecular weight excluding hydrogens is 414 g/mol. The summed E-state index contributed by atoms with van der Waals surface area (Å²) in [6, 6.07) is 8.43. The number of sulfone groups is 1. The monoisotopic (exact) mass is 435 g/mol. The van der Waals surface area contributed by atoms with Gasteiger partial charge in [-0.15, -0.1) is 0 Å². The first-order valence-corrected chi connectivity index (χ1v) is 12.3. The van der Waals surface area contributed by atoms with E-state index in [0.717, 1.165) is 18.9 Å². The zero-order chi connectivity index (χ0) is 20.8. The minimum Gasteiger partial charge on any atom is -0.381 e. The van der Waals surface area contributed by atoms with Gasteiger partial charge in [-0.05, 0) is 55.5 Å². The van der Waals surface area contributed by atoms with Gasteiger partial charge in [-0.3, -0.25) is 4.79 Å². The Kier molecular flexibility index (Phi) is 5.10. The predicted octanol–water partition coefficient (Wildman–Crippen LogP) is 2.08. The smallest absolute Gasteiger partial charge is 0.240 e. The first-order valence-electron chi connectivity index (χ1n) is 9.32. The quantitative estimate of drug-likeness (QED) is 0.672. The van der Waals surface area contributed by atoms with E-state index in [0.29, 0.717) is 18.8 Å². The van der Waals surface area contributed by atoms with Crippen molar-refractivity contribution in [2.75, 3.05) is 19.8 Å². The van der Waals surface area contributed by atoms with E-state index in [1.54, 1.807) is 13.0 Å². The van der Waals surface area contributed by atoms with Crippen molar-refractivity contribution >= 4 is 25.6 Å². The van der Waals surface area contributed by atoms with Gasteiger partial charge < -0.3 is 4.74 Å². The van der Waals surface area contributed by atoms with Crippen molar-refractivity contribution in [3.63, 3.8) is 0 Å². The van der Waals surface area contributed by atoms with E-state index in [1.165, 1.54) is 24.3 Å². The molecule has 0 atom stereocenters. The van der Waals surface area contributed by atoms with E-state index in [1.807, 2.05) is 0 Å². The zero-order valence-electron chi connectivity index (χ0n) is 15.8. The molecule has 0 unspecified atom stereocenters. The lowest BCUT2D eigenvalue weighted by molar-refractivity contribution is 0.0678. The maximum atomic E-state index is 13.1. The van der Waals surface area contributed by atoms with Crippen LogP contribution in [0.15, 0.2) is 51.1 Å². The van der Waals surface area contributed by atoms with Crippen LogP contribution in [0.1, 0.15) is 34.3 Å². The van der Waals surface area contributed by atoms with E-state index in [2.05, 4.69) is 4.72 Å². The van der Waals surface area contributed by atoms with E-state index < -0.39 is 25.6 Å². The van der Waals surface area contributed by atoms with Crippen molar-refractivity contribution in [1.29, 1.82) is 0 Å². The molecule has 7 nitrogen and oxygen atoms in total. The topological polar surface area (TPSA) is 107 Å². The maximum Gasteiger partial charge on any atom is 0.240 e. The Bertz CT molecular complexity index is 1200. The van der Waals surface area contributed by atoms with E-state index in [4.69, 9.17) is 4.74 Å². The van der Waals surface area contributed by atoms with Crippen LogP contribution >= 0.6 is 0 Å². The van der Waals surface area contributed by atoms with E-state index >= 15 is 0 Å². The number of hydrogen-bond acceptors (Lipinski definition) is 6. The SMILES string of the molecule is Cc1cc2c(cc1S(=O)(=O)NCC1CCOCC1)S(=O)(=O)c1ccccc1C2=O. The molecule has 2 heterocycles. The number of carbonyl (C=O) groups is 1. The number of nitrogens with one attached hydrogen (secondary N) is 1. The Hall–Kier alpha value is -2.07. The average Bonchev–Trinajstić information content (AvgIpc) is 2.71. The fraction of sp³-hybridized carbons (Fsp3) is 0.350. The minimum atomic E-state index is -4.00. The van der Waals surface area contributed by atoms with Crippen LogP contribution in [0.5, 0.6) is 0 Å². The molecule has 2 aromatic rings. The van der Waals surface area contributed by atoms with E-state index in [9.17, 15) is 21.6 Å². The van der Waals surface area contributed by atoms with Crippen LogP contribution in [-0.2, 0) is 24.6 Å². The molecule has 4 rings (SSSR count). The normalized spacial score (nSPS) is 18.9. The van der Waals surface area contributed by atoms with Crippen molar-refractivity contribution in [2.45, 2.75) is 34.5 Å². The second-order valence-electron chi connectivity index (χ2n) is 7.35. The Morgan fingerprint density at radius 2 is 1.76 bits per heavy atom. The van der Waals surface area contributed by atoms with Crippen LogP contribution in [0.3, 0.4) is 0 Å². The fourth-order valence-corrected chi connectivity index (χ4v) is 6.87. The summed E-state index contributed by atoms with van der Waals surface area (Å²) in [7, 11) is -7.93. The first kappa shape index (κ1) is 20.2. The zero-order valence-corrected chi connectivity index (χ0v) is 17.5. The molecule has 1 N–H and O–H groups in total. The third-order valence-electron chi connectivity index (χ3n) is 5.42. The highest BCUT2D eigenvalue weighted by atomic mass is 32.2. The molecule has 0 spiro atoms. The Balaban J connectivity index is 1.74. The van der Waals surface area contributed by atoms with Gasteiger partial charge in [0.15, 0.2) is 5.78 Å². The summed E-state index contributed by atoms with van der Waals surface area (Å²) in [6.45, 7) is 3.02. The summed E-state index contributed by atoms with van der Waals surface area (Å²) in [5.74, 6) is -0.249. The number of fused-ring (bicyclic) bond motifs is 2. The van der Waals surface area contributed by atoms with Crippen molar-refractivity contribution in [2.24, 2.45) is 5.92 Å². The van der Waals surface area contributed by atoms with Gasteiger partial charge in [-0.1, -0.05) is 12.1 Å². The predicted molar refractivity (Wildman–Crippen MR) is 105 cm³/mol. The van der Waals surface area contributed by atoms with Crippen molar-refractivity contribution in [1.82, 2.24) is 4.72 Å². The van der Waals surface area contributed by atoms with Gasteiger partial charge in [-0.2, -0.15) is 0 Å². The van der Waals surface area contributed by atoms with Crippen LogP contribution in [0.25, 0.3) is 0 Å². The summed E-state index contributed by atoms with van der Waals surface area (Å²) >= 11 is 0. The van der Waals surface area contributed by atoms with Gasteiger partial charge in [0, 0.05) is 30.9 Å². The second-order valence-corrected chi connectivity index (χ2v) is 11.0. The lowest BCUT2D eigenvalue weighted by atomic mass is 10.0. The van der Waals surface area contributed by atoms with Crippen LogP contribution < -0.4 is 4.72 Å². The molecule has 0 amide bonds. The van der Waals surface area contributed by atoms with Gasteiger partial charge in [0.25, 0.3) is 0 Å². The standard InChI is InChI=1S/C20H21NO6S2/c1-13-10-16-19(28(23,24)17-5-3-2-4-15(17)20(16)22)11-18(13)29(25,26)21-12-14-6-8-27-9-7-14/h2-5,10-11,14,21H,6-9,12H2,1H3. The number of ketones is 1. The molecular formula is C20H21NO6S2. The average molecular weight is 436 g/mol. The van der Waals surface area contributed by atoms with Gasteiger partial charge in [0.2, 0.25) is 19.9 Å². The minimum absolute atomic E-state index is 0.00424. The Labute approximate surface area is 170 Å². The van der Waals surface area contributed by atoms with Crippen molar-refractivity contribution in [3.05, 3.63) is 53.1 Å². The Morgan fingerprint density at radius 1 is 1.07 bits per heavy atom. The highest BCUT2D eigenvalue weighted by Gasteiger charge is 2.36. The second kappa shape index (κ2) is 7.32. The lowest BCUT2D eigenvalue weighted by Gasteiger charge is -2.23. The highest BCUT2D eigenvalue weighted by Crippen LogP contribution is 2.36. The molecule has 1 fully saturated rings. The number of sulfonamides is 1. The molecule has 0 aliphatic carbocycles. The maximum absolute atomic E-state index is 13.1. The molecule has 0 bridgehead atoms. The molecule has 2 aliphatic heterocycles. The summed E-state index contributed by atoms with van der Waals surface area (Å²) in [6.07, 6.45) is 1.54. The molecule has 0 radical (unpaired) electrons. The molecule has 2 aliphatic rings.